The maximum atomic E-state index is 13.7. The van der Waals surface area contributed by atoms with Crippen LogP contribution in [0.15, 0.2) is 52.1 Å². The van der Waals surface area contributed by atoms with Gasteiger partial charge in [-0.25, -0.2) is 4.39 Å². The Bertz CT molecular complexity index is 615. The molecule has 0 heterocycles. The van der Waals surface area contributed by atoms with Gasteiger partial charge in [0.05, 0.1) is 5.56 Å². The Kier molecular flexibility index (Phi) is 4.01. The minimum Gasteiger partial charge on any atom is -0.456 e. The zero-order chi connectivity index (χ0) is 13.8. The molecule has 0 amide bonds. The van der Waals surface area contributed by atoms with Crippen LogP contribution in [0.3, 0.4) is 0 Å². The summed E-state index contributed by atoms with van der Waals surface area (Å²) in [5, 5.41) is 11.5. The Morgan fingerprint density at radius 2 is 1.89 bits per heavy atom. The van der Waals surface area contributed by atoms with E-state index < -0.39 is 5.82 Å². The largest absolute Gasteiger partial charge is 0.456 e. The minimum atomic E-state index is -0.620. The molecule has 0 aromatic heterocycles. The second-order valence-corrected chi connectivity index (χ2v) is 4.57. The molecule has 0 aliphatic heterocycles. The molecule has 98 valence electrons. The van der Waals surface area contributed by atoms with Crippen LogP contribution in [-0.4, -0.2) is 11.0 Å². The second-order valence-electron chi connectivity index (χ2n) is 3.65. The minimum absolute atomic E-state index is 0.0760. The van der Waals surface area contributed by atoms with Gasteiger partial charge in [0.15, 0.2) is 5.84 Å². The Morgan fingerprint density at radius 3 is 2.53 bits per heavy atom. The molecule has 0 saturated carbocycles. The fourth-order valence-corrected chi connectivity index (χ4v) is 1.78. The molecule has 2 rings (SSSR count). The van der Waals surface area contributed by atoms with Crippen molar-refractivity contribution in [3.8, 4) is 11.5 Å². The van der Waals surface area contributed by atoms with Crippen LogP contribution in [0.2, 0.25) is 0 Å². The lowest BCUT2D eigenvalue weighted by molar-refractivity contribution is 0.318. The van der Waals surface area contributed by atoms with E-state index in [2.05, 4.69) is 21.1 Å². The van der Waals surface area contributed by atoms with Gasteiger partial charge in [0.2, 0.25) is 0 Å². The van der Waals surface area contributed by atoms with Crippen molar-refractivity contribution in [2.45, 2.75) is 0 Å². The summed E-state index contributed by atoms with van der Waals surface area (Å²) in [5.74, 6) is -0.270. The van der Waals surface area contributed by atoms with Crippen molar-refractivity contribution < 1.29 is 14.3 Å². The molecule has 0 atom stereocenters. The SMILES string of the molecule is NC(=NO)c1c(F)cccc1Oc1ccc(Br)cc1. The summed E-state index contributed by atoms with van der Waals surface area (Å²) in [4.78, 5) is 0. The summed E-state index contributed by atoms with van der Waals surface area (Å²) in [6.45, 7) is 0. The molecular weight excluding hydrogens is 315 g/mol. The highest BCUT2D eigenvalue weighted by Crippen LogP contribution is 2.27. The Morgan fingerprint density at radius 1 is 1.21 bits per heavy atom. The molecule has 6 heteroatoms. The number of ether oxygens (including phenoxy) is 1. The van der Waals surface area contributed by atoms with Gasteiger partial charge in [0.1, 0.15) is 17.3 Å². The third-order valence-corrected chi connectivity index (χ3v) is 2.91. The lowest BCUT2D eigenvalue weighted by atomic mass is 10.1. The molecule has 0 saturated heterocycles. The number of nitrogens with two attached hydrogens (primary N) is 1. The number of hydrogen-bond donors (Lipinski definition) is 2. The van der Waals surface area contributed by atoms with Crippen LogP contribution >= 0.6 is 15.9 Å². The first-order chi connectivity index (χ1) is 9.11. The highest BCUT2D eigenvalue weighted by molar-refractivity contribution is 9.10. The topological polar surface area (TPSA) is 67.8 Å². The van der Waals surface area contributed by atoms with Gasteiger partial charge in [-0.1, -0.05) is 27.2 Å². The van der Waals surface area contributed by atoms with Crippen LogP contribution in [-0.2, 0) is 0 Å². The van der Waals surface area contributed by atoms with Crippen molar-refractivity contribution >= 4 is 21.8 Å². The maximum absolute atomic E-state index is 13.7. The van der Waals surface area contributed by atoms with Crippen molar-refractivity contribution in [3.63, 3.8) is 0 Å². The summed E-state index contributed by atoms with van der Waals surface area (Å²) in [6, 6.07) is 11.2. The molecule has 2 aromatic rings. The summed E-state index contributed by atoms with van der Waals surface area (Å²) in [5.41, 5.74) is 5.37. The molecule has 0 spiro atoms. The van der Waals surface area contributed by atoms with E-state index >= 15 is 0 Å². The average molecular weight is 325 g/mol. The van der Waals surface area contributed by atoms with Crippen LogP contribution in [0.25, 0.3) is 0 Å². The molecular formula is C13H10BrFN2O2. The summed E-state index contributed by atoms with van der Waals surface area (Å²) < 4.78 is 20.1. The Balaban J connectivity index is 2.40. The molecule has 19 heavy (non-hydrogen) atoms. The lowest BCUT2D eigenvalue weighted by Gasteiger charge is -2.11. The monoisotopic (exact) mass is 324 g/mol. The van der Waals surface area contributed by atoms with Gasteiger partial charge in [0, 0.05) is 4.47 Å². The molecule has 0 aliphatic carbocycles. The van der Waals surface area contributed by atoms with E-state index in [1.54, 1.807) is 30.3 Å². The molecule has 0 radical (unpaired) electrons. The van der Waals surface area contributed by atoms with E-state index in [9.17, 15) is 4.39 Å². The summed E-state index contributed by atoms with van der Waals surface area (Å²) in [6.07, 6.45) is 0. The number of nitrogens with zero attached hydrogens (tertiary/aromatic N) is 1. The van der Waals surface area contributed by atoms with Gasteiger partial charge >= 0.3 is 0 Å². The van der Waals surface area contributed by atoms with Crippen LogP contribution in [0.4, 0.5) is 4.39 Å². The fourth-order valence-electron chi connectivity index (χ4n) is 1.52. The van der Waals surface area contributed by atoms with Gasteiger partial charge in [0.25, 0.3) is 0 Å². The number of oxime groups is 1. The predicted molar refractivity (Wildman–Crippen MR) is 73.1 cm³/mol. The third kappa shape index (κ3) is 3.03. The van der Waals surface area contributed by atoms with E-state index in [-0.39, 0.29) is 17.1 Å². The second kappa shape index (κ2) is 5.71. The van der Waals surface area contributed by atoms with Gasteiger partial charge in [-0.2, -0.15) is 0 Å². The van der Waals surface area contributed by atoms with E-state index in [0.717, 1.165) is 4.47 Å². The van der Waals surface area contributed by atoms with Crippen LogP contribution in [0.5, 0.6) is 11.5 Å². The standard InChI is InChI=1S/C13H10BrFN2O2/c14-8-4-6-9(7-5-8)19-11-3-1-2-10(15)12(11)13(16)17-18/h1-7,18H,(H2,16,17). The van der Waals surface area contributed by atoms with Crippen LogP contribution in [0.1, 0.15) is 5.56 Å². The van der Waals surface area contributed by atoms with Gasteiger partial charge in [-0.15, -0.1) is 0 Å². The third-order valence-electron chi connectivity index (χ3n) is 2.38. The smallest absolute Gasteiger partial charge is 0.176 e. The van der Waals surface area contributed by atoms with Gasteiger partial charge in [-0.3, -0.25) is 0 Å². The van der Waals surface area contributed by atoms with Gasteiger partial charge < -0.3 is 15.7 Å². The van der Waals surface area contributed by atoms with E-state index in [1.807, 2.05) is 0 Å². The van der Waals surface area contributed by atoms with E-state index in [4.69, 9.17) is 15.7 Å². The Labute approximate surface area is 117 Å². The maximum Gasteiger partial charge on any atom is 0.176 e. The first kappa shape index (κ1) is 13.4. The van der Waals surface area contributed by atoms with Gasteiger partial charge in [-0.05, 0) is 36.4 Å². The molecule has 4 nitrogen and oxygen atoms in total. The van der Waals surface area contributed by atoms with Crippen molar-refractivity contribution in [1.29, 1.82) is 0 Å². The van der Waals surface area contributed by atoms with Crippen LogP contribution < -0.4 is 10.5 Å². The predicted octanol–water partition coefficient (Wildman–Crippen LogP) is 3.48. The zero-order valence-corrected chi connectivity index (χ0v) is 11.3. The molecule has 0 bridgehead atoms. The fraction of sp³-hybridized carbons (Fsp3) is 0. The highest BCUT2D eigenvalue weighted by Gasteiger charge is 2.14. The van der Waals surface area contributed by atoms with Crippen molar-refractivity contribution in [2.75, 3.05) is 0 Å². The number of hydrogen-bond acceptors (Lipinski definition) is 3. The molecule has 0 unspecified atom stereocenters. The first-order valence-electron chi connectivity index (χ1n) is 5.31. The average Bonchev–Trinajstić information content (AvgIpc) is 2.41. The molecule has 2 aromatic carbocycles. The van der Waals surface area contributed by atoms with E-state index in [0.29, 0.717) is 5.75 Å². The normalized spacial score (nSPS) is 11.4. The number of halogens is 2. The van der Waals surface area contributed by atoms with Crippen molar-refractivity contribution in [2.24, 2.45) is 10.9 Å². The number of rotatable bonds is 3. The quantitative estimate of drug-likeness (QED) is 0.393. The summed E-state index contributed by atoms with van der Waals surface area (Å²) in [7, 11) is 0. The van der Waals surface area contributed by atoms with Crippen molar-refractivity contribution in [1.82, 2.24) is 0 Å². The Hall–Kier alpha value is -2.08. The first-order valence-corrected chi connectivity index (χ1v) is 6.11. The van der Waals surface area contributed by atoms with Crippen LogP contribution in [0, 0.1) is 5.82 Å². The van der Waals surface area contributed by atoms with Crippen molar-refractivity contribution in [3.05, 3.63) is 58.3 Å². The zero-order valence-electron chi connectivity index (χ0n) is 9.68. The van der Waals surface area contributed by atoms with E-state index in [1.165, 1.54) is 12.1 Å². The lowest BCUT2D eigenvalue weighted by Crippen LogP contribution is -2.16. The molecule has 0 fully saturated rings. The molecule has 0 aliphatic rings. The summed E-state index contributed by atoms with van der Waals surface area (Å²) >= 11 is 3.30. The molecule has 3 N–H and O–H groups in total. The number of amidine groups is 1. The highest BCUT2D eigenvalue weighted by atomic mass is 79.9. The number of benzene rings is 2.